The summed E-state index contributed by atoms with van der Waals surface area (Å²) >= 11 is 1.26. The predicted octanol–water partition coefficient (Wildman–Crippen LogP) is 5.22. The number of hydrogen-bond donors (Lipinski definition) is 1. The lowest BCUT2D eigenvalue weighted by atomic mass is 9.99. The van der Waals surface area contributed by atoms with Crippen molar-refractivity contribution in [1.82, 2.24) is 4.90 Å². The maximum absolute atomic E-state index is 12.8. The van der Waals surface area contributed by atoms with E-state index in [1.54, 1.807) is 31.2 Å². The zero-order chi connectivity index (χ0) is 25.1. The van der Waals surface area contributed by atoms with Gasteiger partial charge in [-0.25, -0.2) is 4.79 Å². The summed E-state index contributed by atoms with van der Waals surface area (Å²) in [4.78, 5) is 51.6. The Hall–Kier alpha value is -3.78. The summed E-state index contributed by atoms with van der Waals surface area (Å²) < 4.78 is 5.26. The zero-order valence-corrected chi connectivity index (χ0v) is 20.7. The Morgan fingerprint density at radius 1 is 0.971 bits per heavy atom. The normalized spacial score (nSPS) is 12.6. The lowest BCUT2D eigenvalue weighted by Crippen LogP contribution is -2.31. The fraction of sp³-hybridized carbons (Fsp3) is 0.259. The Kier molecular flexibility index (Phi) is 7.12. The minimum Gasteiger partial charge on any atom is -0.462 e. The number of carbonyl (C=O) groups excluding carboxylic acids is 4. The quantitative estimate of drug-likeness (QED) is 0.345. The third-order valence-electron chi connectivity index (χ3n) is 6.01. The minimum absolute atomic E-state index is 0.0898. The highest BCUT2D eigenvalue weighted by atomic mass is 32.1. The number of benzene rings is 2. The first-order valence-electron chi connectivity index (χ1n) is 11.4. The first-order chi connectivity index (χ1) is 16.8. The summed E-state index contributed by atoms with van der Waals surface area (Å²) in [6.45, 7) is 6.12. The summed E-state index contributed by atoms with van der Waals surface area (Å²) in [5, 5.41) is 5.08. The number of amides is 3. The first-order valence-corrected chi connectivity index (χ1v) is 12.3. The highest BCUT2D eigenvalue weighted by Gasteiger charge is 2.34. The maximum atomic E-state index is 12.8. The van der Waals surface area contributed by atoms with Crippen LogP contribution in [0.3, 0.4) is 0 Å². The summed E-state index contributed by atoms with van der Waals surface area (Å²) in [5.41, 5.74) is 4.93. The Bertz CT molecular complexity index is 1290. The van der Waals surface area contributed by atoms with Gasteiger partial charge in [0.15, 0.2) is 0 Å². The van der Waals surface area contributed by atoms with Gasteiger partial charge in [-0.1, -0.05) is 30.3 Å². The van der Waals surface area contributed by atoms with Crippen LogP contribution in [0.1, 0.15) is 62.0 Å². The summed E-state index contributed by atoms with van der Waals surface area (Å²) in [6, 6.07) is 12.6. The number of carbonyl (C=O) groups is 4. The van der Waals surface area contributed by atoms with E-state index in [1.807, 2.05) is 37.4 Å². The van der Waals surface area contributed by atoms with E-state index < -0.39 is 5.97 Å². The number of rotatable bonds is 8. The Morgan fingerprint density at radius 2 is 1.66 bits per heavy atom. The number of ether oxygens (including phenoxy) is 1. The number of fused-ring (bicyclic) bond motifs is 1. The number of anilines is 1. The van der Waals surface area contributed by atoms with Crippen molar-refractivity contribution in [1.29, 1.82) is 0 Å². The topological polar surface area (TPSA) is 92.8 Å². The summed E-state index contributed by atoms with van der Waals surface area (Å²) in [5.74, 6) is -1.48. The number of hydrogen-bond acceptors (Lipinski definition) is 6. The van der Waals surface area contributed by atoms with E-state index in [9.17, 15) is 19.2 Å². The molecule has 0 bridgehead atoms. The van der Waals surface area contributed by atoms with Crippen molar-refractivity contribution in [3.05, 3.63) is 75.7 Å². The van der Waals surface area contributed by atoms with E-state index in [0.717, 1.165) is 16.7 Å². The zero-order valence-electron chi connectivity index (χ0n) is 19.8. The van der Waals surface area contributed by atoms with Crippen LogP contribution in [0.15, 0.2) is 47.8 Å². The summed E-state index contributed by atoms with van der Waals surface area (Å²) in [7, 11) is 0. The van der Waals surface area contributed by atoms with Gasteiger partial charge in [0, 0.05) is 23.9 Å². The van der Waals surface area contributed by atoms with Crippen molar-refractivity contribution in [2.24, 2.45) is 0 Å². The van der Waals surface area contributed by atoms with Gasteiger partial charge in [0.1, 0.15) is 10.6 Å². The molecule has 0 spiro atoms. The minimum atomic E-state index is -0.497. The van der Waals surface area contributed by atoms with Crippen LogP contribution in [-0.4, -0.2) is 41.7 Å². The first kappa shape index (κ1) is 24.3. The second-order valence-electron chi connectivity index (χ2n) is 8.33. The van der Waals surface area contributed by atoms with Crippen molar-refractivity contribution in [2.45, 2.75) is 33.6 Å². The van der Waals surface area contributed by atoms with E-state index in [2.05, 4.69) is 5.32 Å². The molecule has 0 unspecified atom stereocenters. The van der Waals surface area contributed by atoms with E-state index >= 15 is 0 Å². The van der Waals surface area contributed by atoms with Crippen LogP contribution >= 0.6 is 11.3 Å². The molecular weight excluding hydrogens is 464 g/mol. The Morgan fingerprint density at radius 3 is 2.29 bits per heavy atom. The fourth-order valence-electron chi connectivity index (χ4n) is 4.01. The molecule has 0 saturated carbocycles. The number of esters is 1. The molecule has 4 rings (SSSR count). The van der Waals surface area contributed by atoms with Crippen molar-refractivity contribution in [3.8, 4) is 11.1 Å². The van der Waals surface area contributed by atoms with E-state index in [0.29, 0.717) is 33.7 Å². The molecule has 3 amide bonds. The second kappa shape index (κ2) is 10.2. The van der Waals surface area contributed by atoms with Gasteiger partial charge < -0.3 is 10.1 Å². The molecule has 0 radical (unpaired) electrons. The second-order valence-corrected chi connectivity index (χ2v) is 9.21. The maximum Gasteiger partial charge on any atom is 0.341 e. The van der Waals surface area contributed by atoms with Crippen LogP contribution in [0, 0.1) is 13.8 Å². The van der Waals surface area contributed by atoms with Crippen LogP contribution < -0.4 is 5.32 Å². The molecule has 3 aromatic rings. The van der Waals surface area contributed by atoms with Gasteiger partial charge in [-0.15, -0.1) is 11.3 Å². The van der Waals surface area contributed by atoms with E-state index in [1.165, 1.54) is 16.2 Å². The van der Waals surface area contributed by atoms with Crippen LogP contribution in [0.4, 0.5) is 5.00 Å². The third-order valence-corrected chi connectivity index (χ3v) is 6.90. The average molecular weight is 491 g/mol. The SMILES string of the molecule is CCOC(=O)c1c(-c2ccc(C)c(C)c2)csc1NC(=O)CCCN1C(=O)c2ccccc2C1=O. The molecule has 180 valence electrons. The third kappa shape index (κ3) is 4.88. The van der Waals surface area contributed by atoms with E-state index in [4.69, 9.17) is 4.74 Å². The van der Waals surface area contributed by atoms with Gasteiger partial charge in [-0.05, 0) is 56.0 Å². The fourth-order valence-corrected chi connectivity index (χ4v) is 4.98. The van der Waals surface area contributed by atoms with Crippen molar-refractivity contribution in [3.63, 3.8) is 0 Å². The average Bonchev–Trinajstić information content (AvgIpc) is 3.36. The number of thiophene rings is 1. The van der Waals surface area contributed by atoms with Crippen molar-refractivity contribution < 1.29 is 23.9 Å². The molecule has 0 saturated heterocycles. The molecule has 0 atom stereocenters. The smallest absolute Gasteiger partial charge is 0.341 e. The Balaban J connectivity index is 1.45. The number of nitrogens with one attached hydrogen (secondary N) is 1. The van der Waals surface area contributed by atoms with Gasteiger partial charge >= 0.3 is 5.97 Å². The van der Waals surface area contributed by atoms with Gasteiger partial charge in [0.25, 0.3) is 11.8 Å². The van der Waals surface area contributed by atoms with Crippen molar-refractivity contribution in [2.75, 3.05) is 18.5 Å². The standard InChI is InChI=1S/C27H26N2O5S/c1-4-34-27(33)23-21(18-12-11-16(2)17(3)14-18)15-35-24(23)28-22(30)10-7-13-29-25(31)19-8-5-6-9-20(19)26(29)32/h5-6,8-9,11-12,14-15H,4,7,10,13H2,1-3H3,(H,28,30). The molecule has 0 fully saturated rings. The monoisotopic (exact) mass is 490 g/mol. The molecule has 1 aromatic heterocycles. The predicted molar refractivity (Wildman–Crippen MR) is 135 cm³/mol. The number of aryl methyl sites for hydroxylation is 2. The van der Waals surface area contributed by atoms with Crippen LogP contribution in [0.2, 0.25) is 0 Å². The molecule has 7 nitrogen and oxygen atoms in total. The molecule has 8 heteroatoms. The number of imide groups is 1. The molecule has 35 heavy (non-hydrogen) atoms. The highest BCUT2D eigenvalue weighted by molar-refractivity contribution is 7.15. The molecule has 0 aliphatic carbocycles. The molecule has 1 N–H and O–H groups in total. The van der Waals surface area contributed by atoms with Crippen molar-refractivity contribution >= 4 is 40.0 Å². The van der Waals surface area contributed by atoms with Crippen LogP contribution in [0.25, 0.3) is 11.1 Å². The molecular formula is C27H26N2O5S. The molecule has 1 aliphatic heterocycles. The lowest BCUT2D eigenvalue weighted by Gasteiger charge is -2.13. The lowest BCUT2D eigenvalue weighted by molar-refractivity contribution is -0.116. The summed E-state index contributed by atoms with van der Waals surface area (Å²) in [6.07, 6.45) is 0.397. The largest absolute Gasteiger partial charge is 0.462 e. The Labute approximate surface area is 207 Å². The molecule has 1 aliphatic rings. The van der Waals surface area contributed by atoms with Gasteiger partial charge in [-0.3, -0.25) is 19.3 Å². The van der Waals surface area contributed by atoms with E-state index in [-0.39, 0.29) is 37.3 Å². The highest BCUT2D eigenvalue weighted by Crippen LogP contribution is 2.37. The van der Waals surface area contributed by atoms with Gasteiger partial charge in [0.2, 0.25) is 5.91 Å². The molecule has 2 aromatic carbocycles. The molecule has 2 heterocycles. The van der Waals surface area contributed by atoms with Crippen LogP contribution in [-0.2, 0) is 9.53 Å². The van der Waals surface area contributed by atoms with Gasteiger partial charge in [0.05, 0.1) is 17.7 Å². The number of nitrogens with zero attached hydrogens (tertiary/aromatic N) is 1. The van der Waals surface area contributed by atoms with Crippen LogP contribution in [0.5, 0.6) is 0 Å². The van der Waals surface area contributed by atoms with Gasteiger partial charge in [-0.2, -0.15) is 0 Å².